The molecule has 3 rings (SSSR count). The van der Waals surface area contributed by atoms with Gasteiger partial charge >= 0.3 is 0 Å². The predicted octanol–water partition coefficient (Wildman–Crippen LogP) is 2.44. The minimum Gasteiger partial charge on any atom is -0.353 e. The Morgan fingerprint density at radius 2 is 2.10 bits per heavy atom. The fraction of sp³-hybridized carbons (Fsp3) is 0.533. The standard InChI is InChI=1S/C15H18N2O3/c18-15(16-13-8-10-5-6-11(13)7-10)9-12-3-1-2-4-14(12)17(19)20/h1-4,10-11,13H,5-9H2,(H,16,18)/t10-,11-,13-/m1/s1. The van der Waals surface area contributed by atoms with E-state index in [1.54, 1.807) is 18.2 Å². The monoisotopic (exact) mass is 274 g/mol. The van der Waals surface area contributed by atoms with E-state index in [1.807, 2.05) is 0 Å². The van der Waals surface area contributed by atoms with Crippen LogP contribution in [0.4, 0.5) is 5.69 Å². The van der Waals surface area contributed by atoms with Gasteiger partial charge in [0.05, 0.1) is 11.3 Å². The Morgan fingerprint density at radius 3 is 2.75 bits per heavy atom. The van der Waals surface area contributed by atoms with Crippen molar-refractivity contribution in [1.82, 2.24) is 5.32 Å². The van der Waals surface area contributed by atoms with Gasteiger partial charge in [-0.15, -0.1) is 0 Å². The Kier molecular flexibility index (Phi) is 3.42. The number of fused-ring (bicyclic) bond motifs is 2. The van der Waals surface area contributed by atoms with Gasteiger partial charge in [0.25, 0.3) is 5.69 Å². The molecule has 106 valence electrons. The summed E-state index contributed by atoms with van der Waals surface area (Å²) >= 11 is 0. The number of amides is 1. The summed E-state index contributed by atoms with van der Waals surface area (Å²) in [6.07, 6.45) is 4.90. The van der Waals surface area contributed by atoms with Crippen LogP contribution < -0.4 is 5.32 Å². The van der Waals surface area contributed by atoms with Crippen molar-refractivity contribution in [3.05, 3.63) is 39.9 Å². The highest BCUT2D eigenvalue weighted by atomic mass is 16.6. The van der Waals surface area contributed by atoms with E-state index >= 15 is 0 Å². The Labute approximate surface area is 117 Å². The van der Waals surface area contributed by atoms with Crippen LogP contribution in [0.1, 0.15) is 31.2 Å². The number of nitro benzene ring substituents is 1. The molecule has 2 fully saturated rings. The van der Waals surface area contributed by atoms with Crippen LogP contribution in [0.15, 0.2) is 24.3 Å². The van der Waals surface area contributed by atoms with Crippen molar-refractivity contribution in [2.75, 3.05) is 0 Å². The average Bonchev–Trinajstić information content (AvgIpc) is 3.01. The van der Waals surface area contributed by atoms with Gasteiger partial charge in [-0.1, -0.05) is 24.6 Å². The first-order valence-corrected chi connectivity index (χ1v) is 7.15. The molecule has 1 amide bonds. The molecule has 1 aromatic rings. The van der Waals surface area contributed by atoms with Gasteiger partial charge in [-0.05, 0) is 31.1 Å². The molecule has 3 atom stereocenters. The summed E-state index contributed by atoms with van der Waals surface area (Å²) in [6.45, 7) is 0. The number of nitro groups is 1. The minimum atomic E-state index is -0.430. The molecule has 2 saturated carbocycles. The Hall–Kier alpha value is -1.91. The highest BCUT2D eigenvalue weighted by Crippen LogP contribution is 2.44. The maximum absolute atomic E-state index is 12.1. The first-order chi connectivity index (χ1) is 9.63. The smallest absolute Gasteiger partial charge is 0.273 e. The molecule has 0 heterocycles. The van der Waals surface area contributed by atoms with Crippen molar-refractivity contribution in [3.8, 4) is 0 Å². The molecule has 1 N–H and O–H groups in total. The molecule has 0 spiro atoms. The largest absolute Gasteiger partial charge is 0.353 e. The topological polar surface area (TPSA) is 72.2 Å². The summed E-state index contributed by atoms with van der Waals surface area (Å²) in [5.41, 5.74) is 0.508. The minimum absolute atomic E-state index is 0.0237. The number of rotatable bonds is 4. The van der Waals surface area contributed by atoms with Gasteiger partial charge in [0.2, 0.25) is 5.91 Å². The lowest BCUT2D eigenvalue weighted by Crippen LogP contribution is -2.39. The van der Waals surface area contributed by atoms with Gasteiger partial charge in [-0.2, -0.15) is 0 Å². The molecule has 20 heavy (non-hydrogen) atoms. The second-order valence-corrected chi connectivity index (χ2v) is 5.91. The van der Waals surface area contributed by atoms with Crippen LogP contribution in [0.25, 0.3) is 0 Å². The van der Waals surface area contributed by atoms with E-state index in [1.165, 1.54) is 25.3 Å². The van der Waals surface area contributed by atoms with Crippen molar-refractivity contribution < 1.29 is 9.72 Å². The fourth-order valence-corrected chi connectivity index (χ4v) is 3.69. The molecular formula is C15H18N2O3. The van der Waals surface area contributed by atoms with E-state index < -0.39 is 4.92 Å². The second kappa shape index (κ2) is 5.23. The molecule has 2 aliphatic carbocycles. The molecule has 5 nitrogen and oxygen atoms in total. The normalized spacial score (nSPS) is 27.5. The third-order valence-corrected chi connectivity index (χ3v) is 4.62. The highest BCUT2D eigenvalue weighted by Gasteiger charge is 2.40. The molecule has 0 unspecified atom stereocenters. The zero-order chi connectivity index (χ0) is 14.1. The summed E-state index contributed by atoms with van der Waals surface area (Å²) < 4.78 is 0. The number of carbonyl (C=O) groups is 1. The molecule has 0 radical (unpaired) electrons. The van der Waals surface area contributed by atoms with Gasteiger partial charge in [-0.3, -0.25) is 14.9 Å². The number of hydrogen-bond donors (Lipinski definition) is 1. The number of benzene rings is 1. The number of hydrogen-bond acceptors (Lipinski definition) is 3. The zero-order valence-electron chi connectivity index (χ0n) is 11.2. The second-order valence-electron chi connectivity index (χ2n) is 5.91. The first-order valence-electron chi connectivity index (χ1n) is 7.15. The molecular weight excluding hydrogens is 256 g/mol. The number of carbonyl (C=O) groups excluding carboxylic acids is 1. The Balaban J connectivity index is 1.63. The van der Waals surface area contributed by atoms with E-state index in [4.69, 9.17) is 0 Å². The highest BCUT2D eigenvalue weighted by molar-refractivity contribution is 5.80. The predicted molar refractivity (Wildman–Crippen MR) is 74.2 cm³/mol. The van der Waals surface area contributed by atoms with E-state index in [0.717, 1.165) is 12.3 Å². The maximum Gasteiger partial charge on any atom is 0.273 e. The number of nitrogens with one attached hydrogen (secondary N) is 1. The molecule has 2 aliphatic rings. The molecule has 5 heteroatoms. The van der Waals surface area contributed by atoms with Crippen molar-refractivity contribution in [3.63, 3.8) is 0 Å². The Bertz CT molecular complexity index is 544. The zero-order valence-corrected chi connectivity index (χ0v) is 11.2. The van der Waals surface area contributed by atoms with Gasteiger partial charge in [0.15, 0.2) is 0 Å². The lowest BCUT2D eigenvalue weighted by molar-refractivity contribution is -0.385. The fourth-order valence-electron chi connectivity index (χ4n) is 3.69. The summed E-state index contributed by atoms with van der Waals surface area (Å²) in [5, 5.41) is 14.0. The summed E-state index contributed by atoms with van der Waals surface area (Å²) in [5.74, 6) is 1.29. The average molecular weight is 274 g/mol. The summed E-state index contributed by atoms with van der Waals surface area (Å²) in [7, 11) is 0. The van der Waals surface area contributed by atoms with Gasteiger partial charge in [-0.25, -0.2) is 0 Å². The van der Waals surface area contributed by atoms with Crippen LogP contribution in [-0.2, 0) is 11.2 Å². The summed E-state index contributed by atoms with van der Waals surface area (Å²) in [6, 6.07) is 6.73. The van der Waals surface area contributed by atoms with Crippen LogP contribution in [0.5, 0.6) is 0 Å². The van der Waals surface area contributed by atoms with E-state index in [2.05, 4.69) is 5.32 Å². The van der Waals surface area contributed by atoms with E-state index in [0.29, 0.717) is 11.5 Å². The van der Waals surface area contributed by atoms with Crippen LogP contribution in [0, 0.1) is 22.0 Å². The van der Waals surface area contributed by atoms with Crippen molar-refractivity contribution in [2.24, 2.45) is 11.8 Å². The van der Waals surface area contributed by atoms with E-state index in [-0.39, 0.29) is 24.1 Å². The van der Waals surface area contributed by atoms with Crippen LogP contribution in [-0.4, -0.2) is 16.9 Å². The van der Waals surface area contributed by atoms with Crippen molar-refractivity contribution in [2.45, 2.75) is 38.1 Å². The first kappa shape index (κ1) is 13.1. The number of nitrogens with zero attached hydrogens (tertiary/aromatic N) is 1. The molecule has 2 bridgehead atoms. The van der Waals surface area contributed by atoms with E-state index in [9.17, 15) is 14.9 Å². The molecule has 1 aromatic carbocycles. The third-order valence-electron chi connectivity index (χ3n) is 4.62. The molecule has 0 aliphatic heterocycles. The van der Waals surface area contributed by atoms with Gasteiger partial charge < -0.3 is 5.32 Å². The SMILES string of the molecule is O=C(Cc1ccccc1[N+](=O)[O-])N[C@@H]1C[C@@H]2CC[C@@H]1C2. The van der Waals surface area contributed by atoms with Gasteiger partial charge in [0, 0.05) is 17.7 Å². The lowest BCUT2D eigenvalue weighted by atomic mass is 9.95. The summed E-state index contributed by atoms with van der Waals surface area (Å²) in [4.78, 5) is 22.6. The van der Waals surface area contributed by atoms with Crippen LogP contribution in [0.2, 0.25) is 0 Å². The van der Waals surface area contributed by atoms with Crippen LogP contribution in [0.3, 0.4) is 0 Å². The van der Waals surface area contributed by atoms with Crippen molar-refractivity contribution in [1.29, 1.82) is 0 Å². The molecule has 0 saturated heterocycles. The molecule has 0 aromatic heterocycles. The van der Waals surface area contributed by atoms with Crippen molar-refractivity contribution >= 4 is 11.6 Å². The number of para-hydroxylation sites is 1. The van der Waals surface area contributed by atoms with Crippen LogP contribution >= 0.6 is 0 Å². The maximum atomic E-state index is 12.1. The lowest BCUT2D eigenvalue weighted by Gasteiger charge is -2.22. The quantitative estimate of drug-likeness (QED) is 0.677. The van der Waals surface area contributed by atoms with Gasteiger partial charge in [0.1, 0.15) is 0 Å². The third kappa shape index (κ3) is 2.53. The Morgan fingerprint density at radius 1 is 1.30 bits per heavy atom.